The van der Waals surface area contributed by atoms with E-state index in [1.54, 1.807) is 0 Å². The van der Waals surface area contributed by atoms with E-state index >= 15 is 0 Å². The maximum Gasteiger partial charge on any atom is 0.258 e. The van der Waals surface area contributed by atoms with Crippen molar-refractivity contribution >= 4 is 11.6 Å². The number of rotatable bonds is 5. The van der Waals surface area contributed by atoms with Gasteiger partial charge >= 0.3 is 0 Å². The Morgan fingerprint density at radius 2 is 2.00 bits per heavy atom. The molecule has 0 aromatic heterocycles. The molecule has 0 saturated heterocycles. The predicted molar refractivity (Wildman–Crippen MR) is 79.1 cm³/mol. The first kappa shape index (κ1) is 15.2. The van der Waals surface area contributed by atoms with Crippen molar-refractivity contribution in [2.45, 2.75) is 12.6 Å². The van der Waals surface area contributed by atoms with E-state index in [1.807, 2.05) is 30.3 Å². The second kappa shape index (κ2) is 6.97. The third-order valence-corrected chi connectivity index (χ3v) is 3.11. The molecule has 21 heavy (non-hydrogen) atoms. The molecule has 0 aliphatic carbocycles. The van der Waals surface area contributed by atoms with Gasteiger partial charge in [0, 0.05) is 24.9 Å². The lowest BCUT2D eigenvalue weighted by molar-refractivity contribution is -0.126. The molecule has 0 aliphatic rings. The van der Waals surface area contributed by atoms with Crippen LogP contribution < -0.4 is 11.1 Å². The number of nitrogens with two attached hydrogens (primary N) is 1. The Morgan fingerprint density at radius 1 is 1.29 bits per heavy atom. The summed E-state index contributed by atoms with van der Waals surface area (Å²) in [4.78, 5) is 12.3. The smallest absolute Gasteiger partial charge is 0.258 e. The minimum atomic E-state index is -0.724. The Morgan fingerprint density at radius 3 is 2.62 bits per heavy atom. The van der Waals surface area contributed by atoms with Gasteiger partial charge in [-0.2, -0.15) is 0 Å². The highest BCUT2D eigenvalue weighted by Crippen LogP contribution is 2.20. The largest absolute Gasteiger partial charge is 0.367 e. The van der Waals surface area contributed by atoms with Gasteiger partial charge in [-0.3, -0.25) is 4.79 Å². The maximum atomic E-state index is 13.4. The summed E-state index contributed by atoms with van der Waals surface area (Å²) < 4.78 is 18.6. The second-order valence-corrected chi connectivity index (χ2v) is 4.53. The zero-order valence-corrected chi connectivity index (χ0v) is 11.7. The second-order valence-electron chi connectivity index (χ2n) is 4.53. The van der Waals surface area contributed by atoms with Crippen LogP contribution in [0.3, 0.4) is 0 Å². The van der Waals surface area contributed by atoms with Gasteiger partial charge < -0.3 is 15.8 Å². The van der Waals surface area contributed by atoms with Gasteiger partial charge in [-0.05, 0) is 23.8 Å². The SMILES string of the molecule is COC(C(=O)Nc1ccc(F)c(CN)c1)c1ccccc1. The zero-order chi connectivity index (χ0) is 15.2. The van der Waals surface area contributed by atoms with Gasteiger partial charge in [0.15, 0.2) is 6.10 Å². The van der Waals surface area contributed by atoms with Crippen molar-refractivity contribution < 1.29 is 13.9 Å². The molecule has 2 aromatic carbocycles. The molecule has 0 heterocycles. The molecule has 5 heteroatoms. The summed E-state index contributed by atoms with van der Waals surface area (Å²) in [5, 5.41) is 2.71. The molecule has 110 valence electrons. The molecule has 4 nitrogen and oxygen atoms in total. The molecule has 1 unspecified atom stereocenters. The number of hydrogen-bond donors (Lipinski definition) is 2. The summed E-state index contributed by atoms with van der Waals surface area (Å²) in [6.07, 6.45) is -0.724. The van der Waals surface area contributed by atoms with Crippen molar-refractivity contribution in [1.82, 2.24) is 0 Å². The standard InChI is InChI=1S/C16H17FN2O2/c1-21-15(11-5-3-2-4-6-11)16(20)19-13-7-8-14(17)12(9-13)10-18/h2-9,15H,10,18H2,1H3,(H,19,20). The quantitative estimate of drug-likeness (QED) is 0.889. The van der Waals surface area contributed by atoms with Crippen LogP contribution in [0.15, 0.2) is 48.5 Å². The highest BCUT2D eigenvalue weighted by molar-refractivity contribution is 5.94. The summed E-state index contributed by atoms with van der Waals surface area (Å²) in [5.41, 5.74) is 7.03. The highest BCUT2D eigenvalue weighted by Gasteiger charge is 2.20. The van der Waals surface area contributed by atoms with Crippen molar-refractivity contribution in [3.8, 4) is 0 Å². The molecular weight excluding hydrogens is 271 g/mol. The van der Waals surface area contributed by atoms with Crippen LogP contribution in [-0.2, 0) is 16.1 Å². The summed E-state index contributed by atoms with van der Waals surface area (Å²) in [6, 6.07) is 13.4. The number of amides is 1. The third kappa shape index (κ3) is 3.65. The minimum Gasteiger partial charge on any atom is -0.367 e. The molecule has 1 amide bonds. The van der Waals surface area contributed by atoms with Crippen molar-refractivity contribution in [1.29, 1.82) is 0 Å². The van der Waals surface area contributed by atoms with Gasteiger partial charge in [0.25, 0.3) is 5.91 Å². The van der Waals surface area contributed by atoms with Crippen LogP contribution in [0.2, 0.25) is 0 Å². The first-order valence-electron chi connectivity index (χ1n) is 6.52. The Bertz CT molecular complexity index is 617. The number of carbonyl (C=O) groups excluding carboxylic acids is 1. The number of methoxy groups -OCH3 is 1. The van der Waals surface area contributed by atoms with Crippen LogP contribution >= 0.6 is 0 Å². The van der Waals surface area contributed by atoms with Gasteiger partial charge in [-0.15, -0.1) is 0 Å². The van der Waals surface area contributed by atoms with Crippen LogP contribution in [-0.4, -0.2) is 13.0 Å². The van der Waals surface area contributed by atoms with E-state index in [0.29, 0.717) is 11.3 Å². The van der Waals surface area contributed by atoms with Crippen LogP contribution in [0.25, 0.3) is 0 Å². The molecule has 2 aromatic rings. The maximum absolute atomic E-state index is 13.4. The number of nitrogens with one attached hydrogen (secondary N) is 1. The molecule has 0 saturated carbocycles. The number of carbonyl (C=O) groups is 1. The monoisotopic (exact) mass is 288 g/mol. The fourth-order valence-corrected chi connectivity index (χ4v) is 2.04. The Hall–Kier alpha value is -2.24. The Labute approximate surface area is 122 Å². The molecule has 0 fully saturated rings. The predicted octanol–water partition coefficient (Wildman–Crippen LogP) is 2.61. The van der Waals surface area contributed by atoms with Gasteiger partial charge in [-0.25, -0.2) is 4.39 Å². The van der Waals surface area contributed by atoms with E-state index in [2.05, 4.69) is 5.32 Å². The third-order valence-electron chi connectivity index (χ3n) is 3.11. The lowest BCUT2D eigenvalue weighted by Gasteiger charge is -2.16. The van der Waals surface area contributed by atoms with Crippen LogP contribution in [0, 0.1) is 5.82 Å². The molecular formula is C16H17FN2O2. The average Bonchev–Trinajstić information content (AvgIpc) is 2.51. The summed E-state index contributed by atoms with van der Waals surface area (Å²) in [5.74, 6) is -0.708. The molecule has 0 spiro atoms. The van der Waals surface area contributed by atoms with Crippen LogP contribution in [0.4, 0.5) is 10.1 Å². The van der Waals surface area contributed by atoms with Crippen molar-refractivity contribution in [3.63, 3.8) is 0 Å². The van der Waals surface area contributed by atoms with E-state index in [4.69, 9.17) is 10.5 Å². The van der Waals surface area contributed by atoms with Gasteiger partial charge in [0.1, 0.15) is 5.82 Å². The van der Waals surface area contributed by atoms with E-state index in [-0.39, 0.29) is 18.3 Å². The molecule has 3 N–H and O–H groups in total. The zero-order valence-electron chi connectivity index (χ0n) is 11.7. The minimum absolute atomic E-state index is 0.0714. The van der Waals surface area contributed by atoms with E-state index < -0.39 is 6.10 Å². The van der Waals surface area contributed by atoms with E-state index in [0.717, 1.165) is 5.56 Å². The molecule has 2 rings (SSSR count). The van der Waals surface area contributed by atoms with Gasteiger partial charge in [0.2, 0.25) is 0 Å². The summed E-state index contributed by atoms with van der Waals surface area (Å²) in [6.45, 7) is 0.0714. The Kier molecular flexibility index (Phi) is 5.03. The van der Waals surface area contributed by atoms with Crippen LogP contribution in [0.5, 0.6) is 0 Å². The molecule has 1 atom stereocenters. The molecule has 0 aliphatic heterocycles. The number of halogens is 1. The summed E-state index contributed by atoms with van der Waals surface area (Å²) >= 11 is 0. The topological polar surface area (TPSA) is 64.3 Å². The van der Waals surface area contributed by atoms with Gasteiger partial charge in [0.05, 0.1) is 0 Å². The first-order chi connectivity index (χ1) is 10.2. The van der Waals surface area contributed by atoms with E-state index in [1.165, 1.54) is 25.3 Å². The van der Waals surface area contributed by atoms with Crippen molar-refractivity contribution in [2.75, 3.05) is 12.4 Å². The molecule has 0 radical (unpaired) electrons. The molecule has 0 bridgehead atoms. The first-order valence-corrected chi connectivity index (χ1v) is 6.52. The summed E-state index contributed by atoms with van der Waals surface area (Å²) in [7, 11) is 1.47. The normalized spacial score (nSPS) is 12.0. The lowest BCUT2D eigenvalue weighted by atomic mass is 10.1. The van der Waals surface area contributed by atoms with E-state index in [9.17, 15) is 9.18 Å². The fourth-order valence-electron chi connectivity index (χ4n) is 2.04. The number of anilines is 1. The Balaban J connectivity index is 2.16. The van der Waals surface area contributed by atoms with Gasteiger partial charge in [-0.1, -0.05) is 30.3 Å². The number of hydrogen-bond acceptors (Lipinski definition) is 3. The lowest BCUT2D eigenvalue weighted by Crippen LogP contribution is -2.22. The van der Waals surface area contributed by atoms with Crippen molar-refractivity contribution in [2.24, 2.45) is 5.73 Å². The number of benzene rings is 2. The fraction of sp³-hybridized carbons (Fsp3) is 0.188. The van der Waals surface area contributed by atoms with Crippen molar-refractivity contribution in [3.05, 3.63) is 65.5 Å². The number of ether oxygens (including phenoxy) is 1. The van der Waals surface area contributed by atoms with Crippen LogP contribution in [0.1, 0.15) is 17.2 Å². The average molecular weight is 288 g/mol. The highest BCUT2D eigenvalue weighted by atomic mass is 19.1.